The number of rotatable bonds is 8. The molecule has 12 aromatic rings. The number of hydrogen-bond donors (Lipinski definition) is 0. The predicted octanol–water partition coefficient (Wildman–Crippen LogP) is 19.7. The Morgan fingerprint density at radius 3 is 0.778 bits per heavy atom. The van der Waals surface area contributed by atoms with Gasteiger partial charge in [0, 0.05) is 77.0 Å². The summed E-state index contributed by atoms with van der Waals surface area (Å²) in [7, 11) is 8.04. The Labute approximate surface area is 547 Å². The van der Waals surface area contributed by atoms with Crippen molar-refractivity contribution in [2.24, 2.45) is 28.2 Å². The molecule has 0 saturated carbocycles. The highest BCUT2D eigenvalue weighted by molar-refractivity contribution is 5.78. The largest absolute Gasteiger partial charge is 0.212 e. The first-order valence-electron chi connectivity index (χ1n) is 34.1. The van der Waals surface area contributed by atoms with Crippen molar-refractivity contribution in [1.29, 1.82) is 0 Å². The summed E-state index contributed by atoms with van der Waals surface area (Å²) in [5, 5.41) is 0. The van der Waals surface area contributed by atoms with Gasteiger partial charge in [0.2, 0.25) is 22.8 Å². The fraction of sp³-hybridized carbons (Fsp3) is 0.209. The van der Waals surface area contributed by atoms with E-state index in [0.29, 0.717) is 11.1 Å². The maximum Gasteiger partial charge on any atom is 0.212 e. The monoisotopic (exact) mass is 1190 g/mol. The van der Waals surface area contributed by atoms with E-state index < -0.39 is 13.7 Å². The van der Waals surface area contributed by atoms with Crippen LogP contribution in [0.1, 0.15) is 86.1 Å². The van der Waals surface area contributed by atoms with Crippen molar-refractivity contribution in [3.8, 4) is 89.5 Å². The Kier molecular flexibility index (Phi) is 18.1. The summed E-state index contributed by atoms with van der Waals surface area (Å²) in [6.45, 7) is 21.4. The average molecular weight is 1190 g/mol. The first-order valence-corrected chi connectivity index (χ1v) is 31.1. The molecule has 0 fully saturated rings. The van der Waals surface area contributed by atoms with E-state index in [2.05, 4.69) is 276 Å². The number of hydrogen-bond acceptors (Lipinski definition) is 0. The van der Waals surface area contributed by atoms with E-state index in [-0.39, 0.29) is 0 Å². The maximum atomic E-state index is 7.71. The smallest absolute Gasteiger partial charge is 0.201 e. The summed E-state index contributed by atoms with van der Waals surface area (Å²) in [6, 6.07) is 72.2. The highest BCUT2D eigenvalue weighted by atomic mass is 14.9. The van der Waals surface area contributed by atoms with E-state index in [1.807, 2.05) is 66.6 Å². The number of nitrogens with zero attached hydrogens (tertiary/aromatic N) is 4. The van der Waals surface area contributed by atoms with E-state index in [0.717, 1.165) is 28.1 Å². The third-order valence-corrected chi connectivity index (χ3v) is 17.4. The summed E-state index contributed by atoms with van der Waals surface area (Å²) in [6.07, 6.45) is 7.82. The lowest BCUT2D eigenvalue weighted by Crippen LogP contribution is -2.31. The van der Waals surface area contributed by atoms with Crippen molar-refractivity contribution in [3.63, 3.8) is 0 Å². The van der Waals surface area contributed by atoms with Gasteiger partial charge in [-0.25, -0.2) is 18.3 Å². The fourth-order valence-corrected chi connectivity index (χ4v) is 12.2. The molecule has 0 N–H and O–H groups in total. The molecule has 8 aromatic carbocycles. The SMILES string of the molecule is Cc1cc(-c2cc(C)c(-c3ccccc3)cc2C)[n+](C)cc1C.Cc1ccc(-c2cc(C)c(-c3ccccc3)cc2C)[n+](C)c1.[2H]C([2H])([2H])c1c[n+](C)c(-c2cc(C)c(-c3ccccc3)cc2C)cc1C.[2H]C([2H])([2H])c1ccc(-c2cc(C)c(-c3ccccc3)cc2C)[n+](C)c1. The van der Waals surface area contributed by atoms with Crippen molar-refractivity contribution in [1.82, 2.24) is 0 Å². The number of pyridine rings is 4. The molecule has 0 amide bonds. The van der Waals surface area contributed by atoms with E-state index >= 15 is 0 Å². The molecular formula is C86H92N4+4. The Morgan fingerprint density at radius 2 is 0.467 bits per heavy atom. The number of aryl methyl sites for hydroxylation is 18. The Balaban J connectivity index is 0.000000150. The Morgan fingerprint density at radius 1 is 0.211 bits per heavy atom. The highest BCUT2D eigenvalue weighted by Crippen LogP contribution is 2.35. The van der Waals surface area contributed by atoms with Crippen LogP contribution < -0.4 is 18.3 Å². The molecule has 4 heteroatoms. The molecule has 0 aliphatic rings. The third-order valence-electron chi connectivity index (χ3n) is 17.4. The molecular weight excluding hydrogens is 1090 g/mol. The number of benzene rings is 8. The summed E-state index contributed by atoms with van der Waals surface area (Å²) in [5.41, 5.74) is 35.0. The summed E-state index contributed by atoms with van der Waals surface area (Å²) in [5.74, 6) is 0. The average Bonchev–Trinajstić information content (AvgIpc) is 0.810. The second-order valence-electron chi connectivity index (χ2n) is 24.5. The minimum absolute atomic E-state index is 0.356. The van der Waals surface area contributed by atoms with Gasteiger partial charge in [0.15, 0.2) is 24.8 Å². The zero-order valence-electron chi connectivity index (χ0n) is 61.7. The van der Waals surface area contributed by atoms with Gasteiger partial charge < -0.3 is 0 Å². The van der Waals surface area contributed by atoms with E-state index in [1.54, 1.807) is 18.5 Å². The minimum atomic E-state index is -2.09. The molecule has 0 aliphatic heterocycles. The lowest BCUT2D eigenvalue weighted by atomic mass is 9.93. The van der Waals surface area contributed by atoms with Crippen LogP contribution in [-0.4, -0.2) is 0 Å². The molecule has 0 spiro atoms. The molecule has 0 bridgehead atoms. The zero-order chi connectivity index (χ0) is 69.5. The molecule has 0 radical (unpaired) electrons. The van der Waals surface area contributed by atoms with Crippen LogP contribution in [0.3, 0.4) is 0 Å². The summed E-state index contributed by atoms with van der Waals surface area (Å²) in [4.78, 5) is 0. The van der Waals surface area contributed by atoms with Gasteiger partial charge in [0.05, 0.1) is 0 Å². The van der Waals surface area contributed by atoms with Gasteiger partial charge in [-0.15, -0.1) is 0 Å². The van der Waals surface area contributed by atoms with Crippen LogP contribution in [0.4, 0.5) is 0 Å². The summed E-state index contributed by atoms with van der Waals surface area (Å²) < 4.78 is 54.1. The van der Waals surface area contributed by atoms with E-state index in [4.69, 9.17) is 8.22 Å². The Bertz CT molecular complexity index is 4760. The van der Waals surface area contributed by atoms with Crippen molar-refractivity contribution in [2.75, 3.05) is 0 Å². The lowest BCUT2D eigenvalue weighted by Gasteiger charge is -2.12. The molecule has 452 valence electrons. The van der Waals surface area contributed by atoms with Gasteiger partial charge in [0.1, 0.15) is 28.2 Å². The van der Waals surface area contributed by atoms with Crippen molar-refractivity contribution in [2.45, 2.75) is 96.8 Å². The standard InChI is InChI=1S/2C22H24N.2C21H22N/c2*1-15-13-22(23(5)14-18(15)4)21-12-16(2)20(11-17(21)3)19-9-7-6-8-10-19;2*1-15-10-11-21(22(4)14-15)20-13-16(2)19(12-17(20)3)18-8-6-5-7-9-18/h2*6-14H,1-5H3;2*5-14H,1-4H3/q4*+1/i4D3;;1D3;. The van der Waals surface area contributed by atoms with Crippen LogP contribution in [0.5, 0.6) is 0 Å². The molecule has 0 saturated heterocycles. The van der Waals surface area contributed by atoms with Crippen LogP contribution in [0, 0.1) is 96.8 Å². The molecule has 0 atom stereocenters. The molecule has 0 aliphatic carbocycles. The first-order chi connectivity index (χ1) is 45.5. The van der Waals surface area contributed by atoms with E-state index in [9.17, 15) is 0 Å². The zero-order valence-corrected chi connectivity index (χ0v) is 55.7. The molecule has 0 unspecified atom stereocenters. The molecule has 12 rings (SSSR count). The molecule has 4 heterocycles. The lowest BCUT2D eigenvalue weighted by molar-refractivity contribution is -0.660. The van der Waals surface area contributed by atoms with Crippen molar-refractivity contribution < 1.29 is 26.5 Å². The second-order valence-corrected chi connectivity index (χ2v) is 24.5. The fourth-order valence-electron chi connectivity index (χ4n) is 12.2. The normalized spacial score (nSPS) is 12.0. The second kappa shape index (κ2) is 28.7. The summed E-state index contributed by atoms with van der Waals surface area (Å²) >= 11 is 0. The molecule has 4 aromatic heterocycles. The Hall–Kier alpha value is -9.64. The first kappa shape index (κ1) is 56.8. The number of aromatic nitrogens is 4. The van der Waals surface area contributed by atoms with Crippen LogP contribution in [0.15, 0.2) is 231 Å². The van der Waals surface area contributed by atoms with Gasteiger partial charge in [-0.1, -0.05) is 146 Å². The van der Waals surface area contributed by atoms with Crippen molar-refractivity contribution in [3.05, 3.63) is 309 Å². The van der Waals surface area contributed by atoms with Gasteiger partial charge in [-0.2, -0.15) is 0 Å². The molecule has 4 nitrogen and oxygen atoms in total. The van der Waals surface area contributed by atoms with Crippen LogP contribution >= 0.6 is 0 Å². The van der Waals surface area contributed by atoms with Crippen molar-refractivity contribution >= 4 is 0 Å². The molecule has 90 heavy (non-hydrogen) atoms. The minimum Gasteiger partial charge on any atom is -0.201 e. The third kappa shape index (κ3) is 15.1. The maximum absolute atomic E-state index is 7.71. The van der Waals surface area contributed by atoms with Gasteiger partial charge in [0.25, 0.3) is 0 Å². The highest BCUT2D eigenvalue weighted by Gasteiger charge is 2.20. The predicted molar refractivity (Wildman–Crippen MR) is 380 cm³/mol. The quantitative estimate of drug-likeness (QED) is 0.135. The van der Waals surface area contributed by atoms with Crippen LogP contribution in [-0.2, 0) is 28.2 Å². The van der Waals surface area contributed by atoms with Crippen LogP contribution in [0.25, 0.3) is 89.5 Å². The van der Waals surface area contributed by atoms with Gasteiger partial charge in [-0.3, -0.25) is 0 Å². The topological polar surface area (TPSA) is 15.5 Å². The van der Waals surface area contributed by atoms with Gasteiger partial charge >= 0.3 is 0 Å². The van der Waals surface area contributed by atoms with Gasteiger partial charge in [-0.05, 0) is 233 Å². The van der Waals surface area contributed by atoms with E-state index in [1.165, 1.54) is 128 Å². The van der Waals surface area contributed by atoms with Crippen LogP contribution in [0.2, 0.25) is 0 Å².